The molecule has 0 aliphatic carbocycles. The van der Waals surface area contributed by atoms with Crippen LogP contribution in [0.4, 0.5) is 4.79 Å². The number of amides is 3. The number of nitrogens with zero attached hydrogens (tertiary/aromatic N) is 2. The number of imide groups is 1. The van der Waals surface area contributed by atoms with Gasteiger partial charge in [-0.15, -0.1) is 21.5 Å². The molecule has 0 aromatic carbocycles. The first-order valence-electron chi connectivity index (χ1n) is 6.77. The predicted molar refractivity (Wildman–Crippen MR) is 84.8 cm³/mol. The topological polar surface area (TPSA) is 97.1 Å². The van der Waals surface area contributed by atoms with Crippen molar-refractivity contribution in [1.29, 1.82) is 0 Å². The molecular formula is C13H16N4O3S2. The number of hydrogen-bond acceptors (Lipinski definition) is 7. The molecule has 2 aromatic rings. The Bertz CT molecular complexity index is 613. The molecule has 0 spiro atoms. The smallest absolute Gasteiger partial charge is 0.321 e. The molecule has 0 aliphatic heterocycles. The van der Waals surface area contributed by atoms with Gasteiger partial charge in [-0.25, -0.2) is 4.79 Å². The highest BCUT2D eigenvalue weighted by Crippen LogP contribution is 2.26. The molecule has 0 radical (unpaired) electrons. The average molecular weight is 340 g/mol. The maximum atomic E-state index is 11.6. The number of urea groups is 1. The van der Waals surface area contributed by atoms with Gasteiger partial charge in [-0.2, -0.15) is 0 Å². The Labute approximate surface area is 135 Å². The van der Waals surface area contributed by atoms with Crippen molar-refractivity contribution in [2.24, 2.45) is 0 Å². The molecule has 118 valence electrons. The number of rotatable bonds is 7. The summed E-state index contributed by atoms with van der Waals surface area (Å²) in [5.74, 6) is 0.0536. The van der Waals surface area contributed by atoms with Gasteiger partial charge in [-0.05, 0) is 17.9 Å². The Hall–Kier alpha value is -1.87. The minimum atomic E-state index is -0.483. The highest BCUT2D eigenvalue weighted by Gasteiger charge is 2.13. The molecule has 0 aliphatic rings. The molecule has 0 bridgehead atoms. The molecule has 3 amide bonds. The number of thioether (sulfide) groups is 1. The largest absolute Gasteiger partial charge is 0.410 e. The van der Waals surface area contributed by atoms with Crippen molar-refractivity contribution in [3.8, 4) is 10.8 Å². The fraction of sp³-hybridized carbons (Fsp3) is 0.385. The number of carbonyl (C=O) groups is 2. The van der Waals surface area contributed by atoms with E-state index in [2.05, 4.69) is 20.8 Å². The lowest BCUT2D eigenvalue weighted by Crippen LogP contribution is -2.40. The Balaban J connectivity index is 1.73. The van der Waals surface area contributed by atoms with Crippen LogP contribution in [-0.2, 0) is 4.79 Å². The van der Waals surface area contributed by atoms with Crippen molar-refractivity contribution in [3.63, 3.8) is 0 Å². The van der Waals surface area contributed by atoms with E-state index in [9.17, 15) is 9.59 Å². The summed E-state index contributed by atoms with van der Waals surface area (Å²) in [6, 6.07) is 3.28. The number of unbranched alkanes of at least 4 members (excludes halogenated alkanes) is 1. The number of nitrogens with one attached hydrogen (secondary N) is 2. The quantitative estimate of drug-likeness (QED) is 0.594. The summed E-state index contributed by atoms with van der Waals surface area (Å²) >= 11 is 2.58. The molecule has 22 heavy (non-hydrogen) atoms. The lowest BCUT2D eigenvalue weighted by Gasteiger charge is -2.04. The molecule has 0 fully saturated rings. The fourth-order valence-electron chi connectivity index (χ4n) is 1.48. The third-order valence-electron chi connectivity index (χ3n) is 2.53. The molecular weight excluding hydrogens is 324 g/mol. The van der Waals surface area contributed by atoms with Crippen LogP contribution in [0.5, 0.6) is 0 Å². The zero-order valence-corrected chi connectivity index (χ0v) is 13.6. The number of hydrogen-bond donors (Lipinski definition) is 2. The highest BCUT2D eigenvalue weighted by molar-refractivity contribution is 7.99. The highest BCUT2D eigenvalue weighted by atomic mass is 32.2. The van der Waals surface area contributed by atoms with E-state index >= 15 is 0 Å². The minimum Gasteiger partial charge on any atom is -0.410 e. The van der Waals surface area contributed by atoms with E-state index in [0.717, 1.165) is 29.5 Å². The van der Waals surface area contributed by atoms with E-state index < -0.39 is 11.9 Å². The first kappa shape index (κ1) is 16.5. The standard InChI is InChI=1S/C13H16N4O3S2/c1-2-3-6-14-12(19)15-10(18)8-22-13-17-16-11(20-13)9-5-4-7-21-9/h4-5,7H,2-3,6,8H2,1H3,(H2,14,15,18,19). The van der Waals surface area contributed by atoms with Gasteiger partial charge in [-0.3, -0.25) is 10.1 Å². The molecule has 2 aromatic heterocycles. The van der Waals surface area contributed by atoms with Crippen molar-refractivity contribution >= 4 is 35.0 Å². The van der Waals surface area contributed by atoms with E-state index in [4.69, 9.17) is 4.42 Å². The SMILES string of the molecule is CCCCNC(=O)NC(=O)CSc1nnc(-c2cccs2)o1. The molecule has 0 atom stereocenters. The monoisotopic (exact) mass is 340 g/mol. The van der Waals surface area contributed by atoms with Crippen LogP contribution in [0.15, 0.2) is 27.2 Å². The molecule has 0 unspecified atom stereocenters. The van der Waals surface area contributed by atoms with Crippen LogP contribution in [0.25, 0.3) is 10.8 Å². The van der Waals surface area contributed by atoms with Crippen LogP contribution in [0.3, 0.4) is 0 Å². The van der Waals surface area contributed by atoms with Gasteiger partial charge >= 0.3 is 6.03 Å². The minimum absolute atomic E-state index is 0.0350. The van der Waals surface area contributed by atoms with E-state index in [1.807, 2.05) is 24.4 Å². The third-order valence-corrected chi connectivity index (χ3v) is 4.21. The van der Waals surface area contributed by atoms with Gasteiger partial charge in [0.05, 0.1) is 10.6 Å². The first-order chi connectivity index (χ1) is 10.7. The summed E-state index contributed by atoms with van der Waals surface area (Å²) in [4.78, 5) is 23.9. The summed E-state index contributed by atoms with van der Waals surface area (Å²) in [6.45, 7) is 2.58. The second-order valence-corrected chi connectivity index (χ2v) is 6.17. The van der Waals surface area contributed by atoms with Gasteiger partial charge in [0.25, 0.3) is 11.1 Å². The van der Waals surface area contributed by atoms with Gasteiger partial charge in [0.1, 0.15) is 0 Å². The van der Waals surface area contributed by atoms with Gasteiger partial charge in [0, 0.05) is 6.54 Å². The predicted octanol–water partition coefficient (Wildman–Crippen LogP) is 2.52. The zero-order chi connectivity index (χ0) is 15.8. The van der Waals surface area contributed by atoms with Crippen molar-refractivity contribution in [1.82, 2.24) is 20.8 Å². The fourth-order valence-corrected chi connectivity index (χ4v) is 2.69. The zero-order valence-electron chi connectivity index (χ0n) is 12.0. The lowest BCUT2D eigenvalue weighted by atomic mass is 10.3. The van der Waals surface area contributed by atoms with E-state index in [1.54, 1.807) is 0 Å². The molecule has 7 nitrogen and oxygen atoms in total. The summed E-state index contributed by atoms with van der Waals surface area (Å²) in [7, 11) is 0. The van der Waals surface area contributed by atoms with Gasteiger partial charge in [-0.1, -0.05) is 31.2 Å². The number of thiophene rings is 1. The van der Waals surface area contributed by atoms with Crippen molar-refractivity contribution in [2.75, 3.05) is 12.3 Å². The first-order valence-corrected chi connectivity index (χ1v) is 8.63. The Morgan fingerprint density at radius 1 is 1.41 bits per heavy atom. The van der Waals surface area contributed by atoms with Crippen LogP contribution in [0.2, 0.25) is 0 Å². The Morgan fingerprint density at radius 2 is 2.27 bits per heavy atom. The molecule has 2 rings (SSSR count). The summed E-state index contributed by atoms with van der Waals surface area (Å²) in [6.07, 6.45) is 1.86. The Kier molecular flexibility index (Phi) is 6.41. The second kappa shape index (κ2) is 8.54. The number of aromatic nitrogens is 2. The van der Waals surface area contributed by atoms with Crippen molar-refractivity contribution in [2.45, 2.75) is 25.0 Å². The molecule has 0 saturated heterocycles. The van der Waals surface area contributed by atoms with Crippen LogP contribution in [-0.4, -0.2) is 34.4 Å². The summed E-state index contributed by atoms with van der Waals surface area (Å²) < 4.78 is 5.43. The summed E-state index contributed by atoms with van der Waals surface area (Å²) in [5.41, 5.74) is 0. The van der Waals surface area contributed by atoms with Crippen LogP contribution in [0, 0.1) is 0 Å². The third kappa shape index (κ3) is 5.15. The average Bonchev–Trinajstić information content (AvgIpc) is 3.16. The lowest BCUT2D eigenvalue weighted by molar-refractivity contribution is -0.117. The van der Waals surface area contributed by atoms with E-state index in [-0.39, 0.29) is 5.75 Å². The van der Waals surface area contributed by atoms with Crippen molar-refractivity contribution in [3.05, 3.63) is 17.5 Å². The number of carbonyl (C=O) groups excluding carboxylic acids is 2. The Morgan fingerprint density at radius 3 is 3.00 bits per heavy atom. The van der Waals surface area contributed by atoms with Crippen LogP contribution in [0.1, 0.15) is 19.8 Å². The normalized spacial score (nSPS) is 10.4. The maximum absolute atomic E-state index is 11.6. The van der Waals surface area contributed by atoms with E-state index in [0.29, 0.717) is 17.7 Å². The molecule has 2 N–H and O–H groups in total. The second-order valence-electron chi connectivity index (χ2n) is 4.30. The van der Waals surface area contributed by atoms with Gasteiger partial charge < -0.3 is 9.73 Å². The molecule has 2 heterocycles. The van der Waals surface area contributed by atoms with Gasteiger partial charge in [0.2, 0.25) is 5.91 Å². The molecule has 0 saturated carbocycles. The maximum Gasteiger partial charge on any atom is 0.321 e. The summed E-state index contributed by atoms with van der Waals surface area (Å²) in [5, 5.41) is 14.8. The van der Waals surface area contributed by atoms with Crippen LogP contribution < -0.4 is 10.6 Å². The van der Waals surface area contributed by atoms with E-state index in [1.165, 1.54) is 11.3 Å². The van der Waals surface area contributed by atoms with Crippen molar-refractivity contribution < 1.29 is 14.0 Å². The van der Waals surface area contributed by atoms with Crippen LogP contribution >= 0.6 is 23.1 Å². The van der Waals surface area contributed by atoms with Gasteiger partial charge in [0.15, 0.2) is 0 Å². The molecule has 9 heteroatoms.